The molecule has 5 heteroatoms. The van der Waals surface area contributed by atoms with Crippen LogP contribution in [-0.2, 0) is 23.7 Å². The second-order valence-electron chi connectivity index (χ2n) is 17.2. The summed E-state index contributed by atoms with van der Waals surface area (Å²) in [7, 11) is -4.81. The van der Waals surface area contributed by atoms with E-state index in [9.17, 15) is 0 Å². The smallest absolute Gasteiger partial charge is 0.205 e. The SMILES string of the molecule is Cc1ccc([P+](Cc2nc(C)c3c(c2C[P+](c2cccc(C)c2)(c2cccc(C)c2)c2cccc(C)c2)COC(C)(C)O3)(c2cccc(C)c2)c2cccc(C)c2)cc1. The molecular formula is C54H57NO2P2+2. The second-order valence-corrected chi connectivity index (χ2v) is 24.2. The van der Waals surface area contributed by atoms with Crippen molar-refractivity contribution in [1.82, 2.24) is 4.98 Å². The fourth-order valence-electron chi connectivity index (χ4n) is 9.01. The number of hydrogen-bond donors (Lipinski definition) is 0. The van der Waals surface area contributed by atoms with Crippen LogP contribution in [0.3, 0.4) is 0 Å². The number of benzene rings is 6. The van der Waals surface area contributed by atoms with Gasteiger partial charge in [-0.05, 0) is 149 Å². The Balaban J connectivity index is 1.49. The zero-order valence-corrected chi connectivity index (χ0v) is 37.9. The highest BCUT2D eigenvalue weighted by Crippen LogP contribution is 2.63. The van der Waals surface area contributed by atoms with Crippen LogP contribution >= 0.6 is 14.5 Å². The van der Waals surface area contributed by atoms with E-state index in [4.69, 9.17) is 14.5 Å². The monoisotopic (exact) mass is 813 g/mol. The van der Waals surface area contributed by atoms with Gasteiger partial charge in [-0.3, -0.25) is 0 Å². The average Bonchev–Trinajstić information content (AvgIpc) is 3.20. The molecule has 8 rings (SSSR count). The molecule has 1 aromatic heterocycles. The second kappa shape index (κ2) is 16.3. The lowest BCUT2D eigenvalue weighted by molar-refractivity contribution is -0.180. The number of aromatic nitrogens is 1. The van der Waals surface area contributed by atoms with Crippen molar-refractivity contribution in [2.75, 3.05) is 0 Å². The molecule has 3 nitrogen and oxygen atoms in total. The van der Waals surface area contributed by atoms with Crippen molar-refractivity contribution < 1.29 is 9.47 Å². The minimum atomic E-state index is -2.42. The molecule has 0 amide bonds. The van der Waals surface area contributed by atoms with Crippen molar-refractivity contribution in [3.8, 4) is 5.75 Å². The van der Waals surface area contributed by atoms with E-state index in [0.29, 0.717) is 6.61 Å². The van der Waals surface area contributed by atoms with Crippen LogP contribution in [0.25, 0.3) is 0 Å². The van der Waals surface area contributed by atoms with Gasteiger partial charge < -0.3 is 9.47 Å². The molecule has 0 spiro atoms. The molecule has 0 bridgehead atoms. The van der Waals surface area contributed by atoms with Crippen molar-refractivity contribution in [2.45, 2.75) is 87.0 Å². The summed E-state index contributed by atoms with van der Waals surface area (Å²) in [4.78, 5) is 5.76. The minimum Gasteiger partial charge on any atom is -0.461 e. The predicted octanol–water partition coefficient (Wildman–Crippen LogP) is 10.9. The van der Waals surface area contributed by atoms with Gasteiger partial charge in [-0.15, -0.1) is 0 Å². The largest absolute Gasteiger partial charge is 0.461 e. The van der Waals surface area contributed by atoms with Crippen molar-refractivity contribution >= 4 is 46.4 Å². The van der Waals surface area contributed by atoms with Crippen LogP contribution in [-0.4, -0.2) is 10.8 Å². The van der Waals surface area contributed by atoms with Crippen molar-refractivity contribution in [3.05, 3.63) is 201 Å². The molecule has 0 radical (unpaired) electrons. The lowest BCUT2D eigenvalue weighted by Crippen LogP contribution is -2.38. The van der Waals surface area contributed by atoms with Crippen LogP contribution in [0, 0.1) is 48.5 Å². The maximum Gasteiger partial charge on any atom is 0.205 e. The average molecular weight is 814 g/mol. The Labute approximate surface area is 353 Å². The molecule has 0 aliphatic carbocycles. The highest BCUT2D eigenvalue weighted by molar-refractivity contribution is 7.95. The summed E-state index contributed by atoms with van der Waals surface area (Å²) in [6, 6.07) is 55.7. The number of fused-ring (bicyclic) bond motifs is 1. The summed E-state index contributed by atoms with van der Waals surface area (Å²) in [5, 5.41) is 8.17. The zero-order chi connectivity index (χ0) is 41.5. The van der Waals surface area contributed by atoms with Gasteiger partial charge in [-0.1, -0.05) is 78.4 Å². The summed E-state index contributed by atoms with van der Waals surface area (Å²) >= 11 is 0. The molecule has 0 saturated heterocycles. The maximum absolute atomic E-state index is 6.80. The molecule has 0 atom stereocenters. The van der Waals surface area contributed by atoms with Gasteiger partial charge in [0.25, 0.3) is 0 Å². The molecule has 0 N–H and O–H groups in total. The van der Waals surface area contributed by atoms with Gasteiger partial charge >= 0.3 is 0 Å². The third kappa shape index (κ3) is 7.94. The quantitative estimate of drug-likeness (QED) is 0.129. The molecular weight excluding hydrogens is 757 g/mol. The fourth-order valence-corrected chi connectivity index (χ4v) is 17.9. The van der Waals surface area contributed by atoms with Gasteiger partial charge in [0, 0.05) is 25.0 Å². The highest BCUT2D eigenvalue weighted by Gasteiger charge is 2.51. The summed E-state index contributed by atoms with van der Waals surface area (Å²) in [5.74, 6) is 0.0942. The van der Waals surface area contributed by atoms with Gasteiger partial charge in [0.05, 0.1) is 18.0 Å². The summed E-state index contributed by atoms with van der Waals surface area (Å²) in [6.45, 7) is 19.9. The molecule has 6 aromatic carbocycles. The maximum atomic E-state index is 6.80. The van der Waals surface area contributed by atoms with Gasteiger partial charge in [0.15, 0.2) is 0 Å². The van der Waals surface area contributed by atoms with Crippen LogP contribution in [0.2, 0.25) is 0 Å². The van der Waals surface area contributed by atoms with Crippen LogP contribution in [0.4, 0.5) is 0 Å². The van der Waals surface area contributed by atoms with E-state index in [-0.39, 0.29) is 0 Å². The summed E-state index contributed by atoms with van der Waals surface area (Å²) < 4.78 is 13.4. The van der Waals surface area contributed by atoms with E-state index in [1.165, 1.54) is 70.8 Å². The standard InChI is InChI=1S/C54H57NO2P2/c1-37-25-27-44(28-26-37)59(48-23-13-18-41(5)32-48,49-24-14-19-42(6)33-49)36-52-51(50-34-56-54(8,9)57-53(50)43(7)55-52)35-58(45-20-10-15-38(2)29-45,46-21-11-16-39(3)30-46)47-22-12-17-40(4)31-47/h10-33H,34-36H2,1-9H3/q+2. The minimum absolute atomic E-state index is 0.453. The molecule has 0 saturated carbocycles. The zero-order valence-electron chi connectivity index (χ0n) is 36.1. The summed E-state index contributed by atoms with van der Waals surface area (Å²) in [5.41, 5.74) is 12.0. The first kappa shape index (κ1) is 40.9. The molecule has 2 heterocycles. The van der Waals surface area contributed by atoms with Gasteiger partial charge in [0.1, 0.15) is 64.4 Å². The van der Waals surface area contributed by atoms with Crippen molar-refractivity contribution in [2.24, 2.45) is 0 Å². The first-order valence-corrected chi connectivity index (χ1v) is 24.8. The third-order valence-electron chi connectivity index (χ3n) is 12.0. The molecule has 1 aliphatic rings. The third-order valence-corrected chi connectivity index (χ3v) is 20.5. The van der Waals surface area contributed by atoms with Crippen LogP contribution in [0.1, 0.15) is 69.7 Å². The van der Waals surface area contributed by atoms with Crippen molar-refractivity contribution in [3.63, 3.8) is 0 Å². The molecule has 7 aromatic rings. The van der Waals surface area contributed by atoms with Gasteiger partial charge in [0.2, 0.25) is 5.79 Å². The number of aryl methyl sites for hydroxylation is 7. The molecule has 1 aliphatic heterocycles. The van der Waals surface area contributed by atoms with Crippen LogP contribution in [0.15, 0.2) is 146 Å². The van der Waals surface area contributed by atoms with Crippen LogP contribution in [0.5, 0.6) is 5.75 Å². The van der Waals surface area contributed by atoms with E-state index in [0.717, 1.165) is 35.0 Å². The first-order valence-electron chi connectivity index (χ1n) is 20.8. The summed E-state index contributed by atoms with van der Waals surface area (Å²) in [6.07, 6.45) is 1.53. The Bertz CT molecular complexity index is 2510. The normalized spacial score (nSPS) is 13.8. The Morgan fingerprint density at radius 1 is 0.475 bits per heavy atom. The predicted molar refractivity (Wildman–Crippen MR) is 255 cm³/mol. The Hall–Kier alpha value is -4.91. The number of ether oxygens (including phenoxy) is 2. The number of nitrogens with zero attached hydrogens (tertiary/aromatic N) is 1. The van der Waals surface area contributed by atoms with E-state index >= 15 is 0 Å². The van der Waals surface area contributed by atoms with Gasteiger partial charge in [-0.2, -0.15) is 0 Å². The van der Waals surface area contributed by atoms with E-state index in [1.807, 2.05) is 13.8 Å². The van der Waals surface area contributed by atoms with Gasteiger partial charge in [-0.25, -0.2) is 4.98 Å². The molecule has 59 heavy (non-hydrogen) atoms. The number of pyridine rings is 1. The lowest BCUT2D eigenvalue weighted by atomic mass is 10.0. The molecule has 0 fully saturated rings. The fraction of sp³-hybridized carbons (Fsp3) is 0.241. The van der Waals surface area contributed by atoms with Crippen molar-refractivity contribution in [1.29, 1.82) is 0 Å². The lowest BCUT2D eigenvalue weighted by Gasteiger charge is -2.37. The Morgan fingerprint density at radius 2 is 0.864 bits per heavy atom. The van der Waals surface area contributed by atoms with E-state index in [2.05, 4.69) is 194 Å². The van der Waals surface area contributed by atoms with E-state index in [1.54, 1.807) is 0 Å². The highest BCUT2D eigenvalue weighted by atomic mass is 31.2. The molecule has 0 unspecified atom stereocenters. The topological polar surface area (TPSA) is 31.4 Å². The first-order chi connectivity index (χ1) is 28.3. The Morgan fingerprint density at radius 3 is 1.25 bits per heavy atom. The number of rotatable bonds is 10. The molecule has 298 valence electrons. The Kier molecular flexibility index (Phi) is 11.3. The van der Waals surface area contributed by atoms with E-state index < -0.39 is 20.3 Å². The number of hydrogen-bond acceptors (Lipinski definition) is 3. The van der Waals surface area contributed by atoms with Crippen LogP contribution < -0.4 is 36.6 Å².